The molecule has 1 atom stereocenters. The number of aryl methyl sites for hydroxylation is 2. The van der Waals surface area contributed by atoms with Crippen molar-refractivity contribution in [2.45, 2.75) is 19.8 Å². The van der Waals surface area contributed by atoms with Gasteiger partial charge in [0.15, 0.2) is 5.78 Å². The summed E-state index contributed by atoms with van der Waals surface area (Å²) in [4.78, 5) is 12.6. The summed E-state index contributed by atoms with van der Waals surface area (Å²) in [6.07, 6.45) is 0. The van der Waals surface area contributed by atoms with Crippen LogP contribution in [0.4, 0.5) is 0 Å². The fourth-order valence-corrected chi connectivity index (χ4v) is 2.56. The third-order valence-electron chi connectivity index (χ3n) is 3.46. The van der Waals surface area contributed by atoms with Gasteiger partial charge in [-0.25, -0.2) is 0 Å². The van der Waals surface area contributed by atoms with Crippen molar-refractivity contribution in [3.8, 4) is 6.07 Å². The average molecular weight is 410 g/mol. The number of hydrogen-bond acceptors (Lipinski definition) is 2. The molecule has 0 aromatic heterocycles. The second kappa shape index (κ2) is 6.59. The highest BCUT2D eigenvalue weighted by atomic mass is 127. The monoisotopic (exact) mass is 409 g/mol. The molecule has 0 N–H and O–H groups in total. The van der Waals surface area contributed by atoms with E-state index in [1.54, 1.807) is 18.2 Å². The normalized spacial score (nSPS) is 11.8. The van der Waals surface area contributed by atoms with Crippen LogP contribution in [0.2, 0.25) is 5.02 Å². The first-order valence-electron chi connectivity index (χ1n) is 6.40. The third-order valence-corrected chi connectivity index (χ3v) is 5.03. The molecule has 0 fully saturated rings. The summed E-state index contributed by atoms with van der Waals surface area (Å²) >= 11 is 8.16. The summed E-state index contributed by atoms with van der Waals surface area (Å²) in [5.41, 5.74) is 3.40. The van der Waals surface area contributed by atoms with Gasteiger partial charge in [0.2, 0.25) is 0 Å². The van der Waals surface area contributed by atoms with Crippen molar-refractivity contribution >= 4 is 40.0 Å². The highest BCUT2D eigenvalue weighted by Gasteiger charge is 2.22. The number of rotatable bonds is 3. The van der Waals surface area contributed by atoms with Crippen LogP contribution in [0, 0.1) is 28.7 Å². The van der Waals surface area contributed by atoms with Crippen molar-refractivity contribution in [3.63, 3.8) is 0 Å². The van der Waals surface area contributed by atoms with E-state index in [1.165, 1.54) is 0 Å². The highest BCUT2D eigenvalue weighted by molar-refractivity contribution is 14.1. The zero-order chi connectivity index (χ0) is 15.6. The predicted molar refractivity (Wildman–Crippen MR) is 92.8 cm³/mol. The van der Waals surface area contributed by atoms with E-state index in [4.69, 9.17) is 11.6 Å². The average Bonchev–Trinajstić information content (AvgIpc) is 2.46. The lowest BCUT2D eigenvalue weighted by atomic mass is 9.90. The molecule has 0 spiro atoms. The van der Waals surface area contributed by atoms with Gasteiger partial charge in [0.05, 0.1) is 11.1 Å². The number of nitriles is 1. The van der Waals surface area contributed by atoms with E-state index in [0.29, 0.717) is 10.6 Å². The van der Waals surface area contributed by atoms with E-state index in [-0.39, 0.29) is 5.78 Å². The smallest absolute Gasteiger partial charge is 0.184 e. The summed E-state index contributed by atoms with van der Waals surface area (Å²) < 4.78 is 0.880. The van der Waals surface area contributed by atoms with Crippen LogP contribution in [0.1, 0.15) is 33.0 Å². The molecule has 0 amide bonds. The number of Topliss-reactive ketones (excluding diaryl/α,β-unsaturated/α-hetero) is 1. The van der Waals surface area contributed by atoms with Crippen LogP contribution in [0.5, 0.6) is 0 Å². The molecule has 0 aliphatic heterocycles. The second-order valence-corrected chi connectivity index (χ2v) is 6.47. The van der Waals surface area contributed by atoms with Crippen LogP contribution in [0.15, 0.2) is 36.4 Å². The van der Waals surface area contributed by atoms with E-state index < -0.39 is 5.92 Å². The van der Waals surface area contributed by atoms with Gasteiger partial charge >= 0.3 is 0 Å². The number of nitrogens with zero attached hydrogens (tertiary/aromatic N) is 1. The third kappa shape index (κ3) is 3.45. The van der Waals surface area contributed by atoms with Crippen LogP contribution < -0.4 is 0 Å². The van der Waals surface area contributed by atoms with Crippen molar-refractivity contribution in [1.29, 1.82) is 5.26 Å². The number of halogens is 2. The minimum atomic E-state index is -0.805. The first-order chi connectivity index (χ1) is 9.93. The first kappa shape index (κ1) is 16.0. The Balaban J connectivity index is 2.41. The van der Waals surface area contributed by atoms with Crippen LogP contribution in [0.3, 0.4) is 0 Å². The molecule has 2 aromatic rings. The summed E-state index contributed by atoms with van der Waals surface area (Å²) in [6.45, 7) is 3.97. The quantitative estimate of drug-likeness (QED) is 0.526. The lowest BCUT2D eigenvalue weighted by Crippen LogP contribution is -2.11. The first-order valence-corrected chi connectivity index (χ1v) is 7.85. The Kier molecular flexibility index (Phi) is 5.02. The Morgan fingerprint density at radius 3 is 2.48 bits per heavy atom. The molecule has 0 saturated carbocycles. The molecular weight excluding hydrogens is 397 g/mol. The number of carbonyl (C=O) groups excluding carboxylic acids is 1. The van der Waals surface area contributed by atoms with Crippen molar-refractivity contribution in [2.75, 3.05) is 0 Å². The molecule has 0 aliphatic carbocycles. The van der Waals surface area contributed by atoms with Gasteiger partial charge in [0.25, 0.3) is 0 Å². The Bertz CT molecular complexity index is 749. The van der Waals surface area contributed by atoms with E-state index in [0.717, 1.165) is 20.3 Å². The van der Waals surface area contributed by atoms with Crippen LogP contribution >= 0.6 is 34.2 Å². The van der Waals surface area contributed by atoms with E-state index in [9.17, 15) is 10.1 Å². The lowest BCUT2D eigenvalue weighted by molar-refractivity contribution is 0.0979. The Morgan fingerprint density at radius 2 is 1.90 bits per heavy atom. The largest absolute Gasteiger partial charge is 0.292 e. The topological polar surface area (TPSA) is 40.9 Å². The van der Waals surface area contributed by atoms with Crippen molar-refractivity contribution in [2.24, 2.45) is 0 Å². The fraction of sp³-hybridized carbons (Fsp3) is 0.176. The van der Waals surface area contributed by atoms with Gasteiger partial charge < -0.3 is 0 Å². The molecule has 4 heteroatoms. The van der Waals surface area contributed by atoms with Gasteiger partial charge in [-0.1, -0.05) is 35.9 Å². The molecule has 0 aliphatic rings. The Morgan fingerprint density at radius 1 is 1.19 bits per heavy atom. The molecular formula is C17H13ClINO. The molecule has 2 rings (SSSR count). The Labute approximate surface area is 142 Å². The number of benzene rings is 2. The van der Waals surface area contributed by atoms with Gasteiger partial charge in [0.1, 0.15) is 5.92 Å². The lowest BCUT2D eigenvalue weighted by Gasteiger charge is -2.11. The number of hydrogen-bond donors (Lipinski definition) is 0. The summed E-state index contributed by atoms with van der Waals surface area (Å²) in [5, 5.41) is 9.92. The molecule has 0 radical (unpaired) electrons. The maximum Gasteiger partial charge on any atom is 0.184 e. The molecule has 0 saturated heterocycles. The molecule has 0 heterocycles. The predicted octanol–water partition coefficient (Wildman–Crippen LogP) is 5.05. The van der Waals surface area contributed by atoms with Crippen LogP contribution in [-0.2, 0) is 0 Å². The van der Waals surface area contributed by atoms with Gasteiger partial charge in [-0.05, 0) is 65.3 Å². The van der Waals surface area contributed by atoms with Gasteiger partial charge in [-0.2, -0.15) is 5.26 Å². The van der Waals surface area contributed by atoms with E-state index >= 15 is 0 Å². The minimum Gasteiger partial charge on any atom is -0.292 e. The standard InChI is InChI=1S/C17H13ClINO/c1-10-3-4-12(7-11(10)2)14(9-20)17(21)13-5-6-16(19)15(18)8-13/h3-8,14H,1-2H3. The molecule has 21 heavy (non-hydrogen) atoms. The molecule has 0 bridgehead atoms. The molecule has 2 aromatic carbocycles. The van der Waals surface area contributed by atoms with Crippen LogP contribution in [-0.4, -0.2) is 5.78 Å². The summed E-state index contributed by atoms with van der Waals surface area (Å²) in [5.74, 6) is -1.03. The zero-order valence-corrected chi connectivity index (χ0v) is 14.6. The van der Waals surface area contributed by atoms with Crippen molar-refractivity contribution in [1.82, 2.24) is 0 Å². The second-order valence-electron chi connectivity index (χ2n) is 4.90. The van der Waals surface area contributed by atoms with Gasteiger partial charge in [-0.15, -0.1) is 0 Å². The fourth-order valence-electron chi connectivity index (χ4n) is 2.04. The SMILES string of the molecule is Cc1ccc(C(C#N)C(=O)c2ccc(I)c(Cl)c2)cc1C. The minimum absolute atomic E-state index is 0.223. The van der Waals surface area contributed by atoms with Crippen LogP contribution in [0.25, 0.3) is 0 Å². The number of ketones is 1. The van der Waals surface area contributed by atoms with Crippen molar-refractivity contribution in [3.05, 3.63) is 67.2 Å². The molecule has 1 unspecified atom stereocenters. The maximum atomic E-state index is 12.6. The maximum absolute atomic E-state index is 12.6. The van der Waals surface area contributed by atoms with E-state index in [2.05, 4.69) is 28.7 Å². The van der Waals surface area contributed by atoms with Gasteiger partial charge in [0, 0.05) is 9.13 Å². The van der Waals surface area contributed by atoms with E-state index in [1.807, 2.05) is 32.0 Å². The highest BCUT2D eigenvalue weighted by Crippen LogP contribution is 2.26. The summed E-state index contributed by atoms with van der Waals surface area (Å²) in [6, 6.07) is 12.9. The van der Waals surface area contributed by atoms with Crippen molar-refractivity contribution < 1.29 is 4.79 Å². The molecule has 2 nitrogen and oxygen atoms in total. The number of carbonyl (C=O) groups is 1. The zero-order valence-electron chi connectivity index (χ0n) is 11.7. The molecule has 106 valence electrons. The Hall–Kier alpha value is -1.38. The van der Waals surface area contributed by atoms with Gasteiger partial charge in [-0.3, -0.25) is 4.79 Å². The summed E-state index contributed by atoms with van der Waals surface area (Å²) in [7, 11) is 0.